The Bertz CT molecular complexity index is 990. The zero-order valence-corrected chi connectivity index (χ0v) is 16.4. The molecule has 4 nitrogen and oxygen atoms in total. The molecule has 1 heterocycles. The summed E-state index contributed by atoms with van der Waals surface area (Å²) in [5.41, 5.74) is 11.3. The van der Waals surface area contributed by atoms with Gasteiger partial charge in [0.15, 0.2) is 0 Å². The van der Waals surface area contributed by atoms with Crippen molar-refractivity contribution >= 4 is 11.4 Å². The van der Waals surface area contributed by atoms with Crippen molar-refractivity contribution in [2.24, 2.45) is 5.73 Å². The summed E-state index contributed by atoms with van der Waals surface area (Å²) in [6.45, 7) is 0.792. The van der Waals surface area contributed by atoms with Gasteiger partial charge in [0.25, 0.3) is 0 Å². The average molecular weight is 370 g/mol. The molecular weight excluding hydrogens is 344 g/mol. The van der Waals surface area contributed by atoms with E-state index in [1.165, 1.54) is 16.8 Å². The van der Waals surface area contributed by atoms with Gasteiger partial charge in [0.05, 0.1) is 29.1 Å². The van der Waals surface area contributed by atoms with Gasteiger partial charge in [0, 0.05) is 13.5 Å². The maximum absolute atomic E-state index is 6.42. The molecule has 0 amide bonds. The molecule has 1 saturated heterocycles. The lowest BCUT2D eigenvalue weighted by molar-refractivity contribution is 0.367. The number of benzene rings is 3. The smallest absolute Gasteiger partial charge is 0.0949 e. The van der Waals surface area contributed by atoms with Crippen LogP contribution in [0.1, 0.15) is 17.5 Å². The van der Waals surface area contributed by atoms with E-state index in [9.17, 15) is 0 Å². The first-order chi connectivity index (χ1) is 13.6. The number of hydrazine groups is 1. The molecular formula is C24H26N4. The third-order valence-corrected chi connectivity index (χ3v) is 6.52. The summed E-state index contributed by atoms with van der Waals surface area (Å²) in [7, 11) is 4.24. The van der Waals surface area contributed by atoms with E-state index in [1.54, 1.807) is 0 Å². The average Bonchev–Trinajstić information content (AvgIpc) is 3.55. The number of fused-ring (bicyclic) bond motifs is 1. The maximum atomic E-state index is 6.42. The Morgan fingerprint density at radius 2 is 1.50 bits per heavy atom. The molecule has 2 unspecified atom stereocenters. The van der Waals surface area contributed by atoms with Crippen molar-refractivity contribution in [1.82, 2.24) is 4.90 Å². The van der Waals surface area contributed by atoms with Gasteiger partial charge >= 0.3 is 0 Å². The number of rotatable bonds is 6. The largest absolute Gasteiger partial charge is 0.311 e. The van der Waals surface area contributed by atoms with Crippen LogP contribution in [0.5, 0.6) is 0 Å². The van der Waals surface area contributed by atoms with Gasteiger partial charge in [-0.1, -0.05) is 60.7 Å². The van der Waals surface area contributed by atoms with Gasteiger partial charge in [0.2, 0.25) is 0 Å². The third kappa shape index (κ3) is 2.45. The van der Waals surface area contributed by atoms with Crippen LogP contribution in [-0.4, -0.2) is 24.7 Å². The predicted molar refractivity (Wildman–Crippen MR) is 115 cm³/mol. The second-order valence-corrected chi connectivity index (χ2v) is 7.97. The highest BCUT2D eigenvalue weighted by atomic mass is 15.6. The molecule has 1 saturated carbocycles. The van der Waals surface area contributed by atoms with Crippen LogP contribution in [0.4, 0.5) is 11.4 Å². The Morgan fingerprint density at radius 3 is 2.07 bits per heavy atom. The number of para-hydroxylation sites is 2. The number of hydrogen-bond donors (Lipinski definition) is 1. The lowest BCUT2D eigenvalue weighted by Gasteiger charge is -2.35. The van der Waals surface area contributed by atoms with Crippen molar-refractivity contribution in [3.05, 3.63) is 96.1 Å². The molecule has 3 aromatic carbocycles. The van der Waals surface area contributed by atoms with Crippen LogP contribution in [0.25, 0.3) is 0 Å². The Labute approximate surface area is 166 Å². The number of likely N-dealkylation sites (tertiary alicyclic amines) is 1. The molecule has 1 aliphatic carbocycles. The van der Waals surface area contributed by atoms with E-state index in [-0.39, 0.29) is 11.2 Å². The standard InChI is InChI=1S/C24H26N4/c1-26(21-12-5-3-6-13-21)28(22-14-7-4-8-15-22)17-19-10-9-11-20(16-19)23-18-24(23,25)27(23)2/h3-16H,17-18,25H2,1-2H3/t23?,24-,27?/m0/s1. The highest BCUT2D eigenvalue weighted by Crippen LogP contribution is 2.75. The van der Waals surface area contributed by atoms with Crippen molar-refractivity contribution in [1.29, 1.82) is 0 Å². The summed E-state index contributed by atoms with van der Waals surface area (Å²) in [5.74, 6) is 0. The molecule has 3 aromatic rings. The normalized spacial score (nSPS) is 27.0. The Morgan fingerprint density at radius 1 is 0.893 bits per heavy atom. The molecule has 3 atom stereocenters. The minimum Gasteiger partial charge on any atom is -0.311 e. The summed E-state index contributed by atoms with van der Waals surface area (Å²) in [6, 6.07) is 29.9. The van der Waals surface area contributed by atoms with Crippen LogP contribution < -0.4 is 15.8 Å². The van der Waals surface area contributed by atoms with Crippen LogP contribution in [0.2, 0.25) is 0 Å². The fraction of sp³-hybridized carbons (Fsp3) is 0.250. The van der Waals surface area contributed by atoms with E-state index in [0.29, 0.717) is 0 Å². The Kier molecular flexibility index (Phi) is 3.76. The van der Waals surface area contributed by atoms with Crippen molar-refractivity contribution in [2.45, 2.75) is 24.2 Å². The van der Waals surface area contributed by atoms with Crippen LogP contribution in [-0.2, 0) is 12.1 Å². The summed E-state index contributed by atoms with van der Waals surface area (Å²) < 4.78 is 0. The molecule has 4 heteroatoms. The molecule has 0 spiro atoms. The number of hydrogen-bond acceptors (Lipinski definition) is 4. The number of anilines is 2. The monoisotopic (exact) mass is 370 g/mol. The van der Waals surface area contributed by atoms with Gasteiger partial charge < -0.3 is 5.73 Å². The van der Waals surface area contributed by atoms with E-state index in [2.05, 4.69) is 108 Å². The zero-order chi connectivity index (χ0) is 19.4. The minimum absolute atomic E-state index is 0.0753. The van der Waals surface area contributed by atoms with Gasteiger partial charge in [-0.3, -0.25) is 14.9 Å². The molecule has 0 bridgehead atoms. The van der Waals surface area contributed by atoms with Crippen molar-refractivity contribution in [3.8, 4) is 0 Å². The summed E-state index contributed by atoms with van der Waals surface area (Å²) in [4.78, 5) is 2.28. The Balaban J connectivity index is 1.46. The van der Waals surface area contributed by atoms with Crippen molar-refractivity contribution in [3.63, 3.8) is 0 Å². The summed E-state index contributed by atoms with van der Waals surface area (Å²) in [5, 5.41) is 4.53. The predicted octanol–water partition coefficient (Wildman–Crippen LogP) is 3.94. The van der Waals surface area contributed by atoms with Crippen LogP contribution in [0, 0.1) is 0 Å². The SMILES string of the molecule is CN(c1ccccc1)N(Cc1cccc(C23C[C@]2(N)N3C)c1)c1ccccc1. The molecule has 1 aliphatic heterocycles. The van der Waals surface area contributed by atoms with Crippen LogP contribution >= 0.6 is 0 Å². The van der Waals surface area contributed by atoms with Gasteiger partial charge in [-0.05, 0) is 42.4 Å². The second kappa shape index (κ2) is 6.09. The fourth-order valence-corrected chi connectivity index (χ4v) is 4.53. The number of nitrogens with two attached hydrogens (primary N) is 1. The Hall–Kier alpha value is -2.82. The third-order valence-electron chi connectivity index (χ3n) is 6.52. The van der Waals surface area contributed by atoms with Crippen molar-refractivity contribution in [2.75, 3.05) is 24.1 Å². The number of likely N-dealkylation sites (N-methyl/N-ethyl adjacent to an activating group) is 1. The first kappa shape index (κ1) is 17.3. The topological polar surface area (TPSA) is 35.5 Å². The maximum Gasteiger partial charge on any atom is 0.0949 e. The van der Waals surface area contributed by atoms with E-state index >= 15 is 0 Å². The molecule has 2 fully saturated rings. The van der Waals surface area contributed by atoms with Crippen LogP contribution in [0.3, 0.4) is 0 Å². The van der Waals surface area contributed by atoms with E-state index < -0.39 is 0 Å². The van der Waals surface area contributed by atoms with Gasteiger partial charge in [0.1, 0.15) is 0 Å². The molecule has 2 N–H and O–H groups in total. The van der Waals surface area contributed by atoms with Crippen LogP contribution in [0.15, 0.2) is 84.9 Å². The summed E-state index contributed by atoms with van der Waals surface area (Å²) >= 11 is 0. The molecule has 5 rings (SSSR count). The zero-order valence-electron chi connectivity index (χ0n) is 16.4. The molecule has 0 aromatic heterocycles. The quantitative estimate of drug-likeness (QED) is 0.527. The molecule has 28 heavy (non-hydrogen) atoms. The minimum atomic E-state index is -0.106. The first-order valence-electron chi connectivity index (χ1n) is 9.80. The lowest BCUT2D eigenvalue weighted by atomic mass is 10.0. The van der Waals surface area contributed by atoms with Gasteiger partial charge in [-0.15, -0.1) is 0 Å². The second-order valence-electron chi connectivity index (χ2n) is 7.97. The van der Waals surface area contributed by atoms with Gasteiger partial charge in [-0.2, -0.15) is 0 Å². The number of nitrogens with zero attached hydrogens (tertiary/aromatic N) is 3. The van der Waals surface area contributed by atoms with Crippen molar-refractivity contribution < 1.29 is 0 Å². The molecule has 2 aliphatic rings. The fourth-order valence-electron chi connectivity index (χ4n) is 4.53. The lowest BCUT2D eigenvalue weighted by Crippen LogP contribution is -2.39. The van der Waals surface area contributed by atoms with Gasteiger partial charge in [-0.25, -0.2) is 0 Å². The highest BCUT2D eigenvalue weighted by molar-refractivity contribution is 5.58. The molecule has 142 valence electrons. The van der Waals surface area contributed by atoms with E-state index in [4.69, 9.17) is 5.73 Å². The summed E-state index contributed by atoms with van der Waals surface area (Å²) in [6.07, 6.45) is 1.06. The first-order valence-corrected chi connectivity index (χ1v) is 9.80. The van der Waals surface area contributed by atoms with E-state index in [0.717, 1.165) is 18.7 Å². The highest BCUT2D eigenvalue weighted by Gasteiger charge is 2.87. The van der Waals surface area contributed by atoms with E-state index in [1.807, 2.05) is 6.07 Å². The molecule has 0 radical (unpaired) electrons.